The van der Waals surface area contributed by atoms with Crippen molar-refractivity contribution in [3.8, 4) is 5.75 Å². The summed E-state index contributed by atoms with van der Waals surface area (Å²) in [6.07, 6.45) is 1.89. The van der Waals surface area contributed by atoms with E-state index in [-0.39, 0.29) is 11.0 Å². The molecule has 0 saturated carbocycles. The Labute approximate surface area is 125 Å². The van der Waals surface area contributed by atoms with Crippen molar-refractivity contribution in [1.29, 1.82) is 0 Å². The molecule has 1 unspecified atom stereocenters. The summed E-state index contributed by atoms with van der Waals surface area (Å²) < 4.78 is 38.3. The number of hydrogen-bond acceptors (Lipinski definition) is 5. The predicted octanol–water partition coefficient (Wildman–Crippen LogP) is 0.972. The minimum atomic E-state index is -3.52. The zero-order chi connectivity index (χ0) is 14.9. The maximum Gasteiger partial charge on any atom is 0.240 e. The Balaban J connectivity index is 1.77. The van der Waals surface area contributed by atoms with E-state index in [0.717, 1.165) is 30.8 Å². The normalized spacial score (nSPS) is 22.0. The van der Waals surface area contributed by atoms with E-state index in [2.05, 4.69) is 4.72 Å². The SMILES string of the molecule is CN1CCOc2ccc(S(=O)(=O)NCC3CCCO3)cc21. The molecule has 2 heterocycles. The van der Waals surface area contributed by atoms with Crippen LogP contribution in [0.1, 0.15) is 12.8 Å². The van der Waals surface area contributed by atoms with Gasteiger partial charge >= 0.3 is 0 Å². The Bertz CT molecular complexity index is 611. The summed E-state index contributed by atoms with van der Waals surface area (Å²) in [6, 6.07) is 4.95. The lowest BCUT2D eigenvalue weighted by molar-refractivity contribution is 0.114. The number of nitrogens with zero attached hydrogens (tertiary/aromatic N) is 1. The molecule has 21 heavy (non-hydrogen) atoms. The van der Waals surface area contributed by atoms with Crippen LogP contribution in [0.3, 0.4) is 0 Å². The van der Waals surface area contributed by atoms with E-state index >= 15 is 0 Å². The van der Waals surface area contributed by atoms with Crippen molar-refractivity contribution >= 4 is 15.7 Å². The first-order chi connectivity index (χ1) is 10.1. The Morgan fingerprint density at radius 2 is 2.24 bits per heavy atom. The van der Waals surface area contributed by atoms with Crippen LogP contribution in [-0.4, -0.2) is 47.9 Å². The summed E-state index contributed by atoms with van der Waals surface area (Å²) in [5, 5.41) is 0. The van der Waals surface area contributed by atoms with Crippen LogP contribution in [0.15, 0.2) is 23.1 Å². The molecule has 0 radical (unpaired) electrons. The highest BCUT2D eigenvalue weighted by molar-refractivity contribution is 7.89. The quantitative estimate of drug-likeness (QED) is 0.897. The van der Waals surface area contributed by atoms with Crippen LogP contribution in [0.25, 0.3) is 0 Å². The molecule has 1 N–H and O–H groups in total. The van der Waals surface area contributed by atoms with Gasteiger partial charge in [-0.3, -0.25) is 0 Å². The maximum absolute atomic E-state index is 12.4. The fraction of sp³-hybridized carbons (Fsp3) is 0.571. The summed E-state index contributed by atoms with van der Waals surface area (Å²) in [7, 11) is -1.59. The van der Waals surface area contributed by atoms with Gasteiger partial charge in [-0.05, 0) is 31.0 Å². The predicted molar refractivity (Wildman–Crippen MR) is 79.4 cm³/mol. The second-order valence-electron chi connectivity index (χ2n) is 5.39. The summed E-state index contributed by atoms with van der Waals surface area (Å²) in [4.78, 5) is 2.26. The summed E-state index contributed by atoms with van der Waals surface area (Å²) in [5.41, 5.74) is 0.807. The molecule has 1 aromatic carbocycles. The van der Waals surface area contributed by atoms with E-state index < -0.39 is 10.0 Å². The fourth-order valence-corrected chi connectivity index (χ4v) is 3.67. The van der Waals surface area contributed by atoms with E-state index in [9.17, 15) is 8.42 Å². The van der Waals surface area contributed by atoms with Crippen molar-refractivity contribution in [2.24, 2.45) is 0 Å². The van der Waals surface area contributed by atoms with Gasteiger partial charge in [-0.15, -0.1) is 0 Å². The second kappa shape index (κ2) is 5.82. The van der Waals surface area contributed by atoms with Crippen LogP contribution >= 0.6 is 0 Å². The van der Waals surface area contributed by atoms with Crippen LogP contribution in [0.5, 0.6) is 5.75 Å². The first kappa shape index (κ1) is 14.6. The highest BCUT2D eigenvalue weighted by Crippen LogP contribution is 2.32. The molecule has 1 fully saturated rings. The first-order valence-corrected chi connectivity index (χ1v) is 8.64. The van der Waals surface area contributed by atoms with Gasteiger partial charge in [0.05, 0.1) is 23.2 Å². The lowest BCUT2D eigenvalue weighted by Gasteiger charge is -2.28. The van der Waals surface area contributed by atoms with Crippen LogP contribution in [0, 0.1) is 0 Å². The molecule has 0 spiro atoms. The van der Waals surface area contributed by atoms with Crippen molar-refractivity contribution in [2.45, 2.75) is 23.8 Å². The van der Waals surface area contributed by atoms with Crippen molar-refractivity contribution in [3.05, 3.63) is 18.2 Å². The highest BCUT2D eigenvalue weighted by Gasteiger charge is 2.23. The Morgan fingerprint density at radius 1 is 1.38 bits per heavy atom. The number of hydrogen-bond donors (Lipinski definition) is 1. The van der Waals surface area contributed by atoms with Crippen molar-refractivity contribution in [3.63, 3.8) is 0 Å². The van der Waals surface area contributed by atoms with E-state index in [0.29, 0.717) is 19.8 Å². The number of sulfonamides is 1. The Kier molecular flexibility index (Phi) is 4.05. The standard InChI is InChI=1S/C14H20N2O4S/c1-16-6-8-20-14-5-4-12(9-13(14)16)21(17,18)15-10-11-3-2-7-19-11/h4-5,9,11,15H,2-3,6-8,10H2,1H3. The fourth-order valence-electron chi connectivity index (χ4n) is 2.59. The molecule has 2 aliphatic heterocycles. The summed E-state index contributed by atoms with van der Waals surface area (Å²) >= 11 is 0. The number of likely N-dealkylation sites (N-methyl/N-ethyl adjacent to an activating group) is 1. The summed E-state index contributed by atoms with van der Waals surface area (Å²) in [6.45, 7) is 2.41. The van der Waals surface area contributed by atoms with Gasteiger partial charge in [0.2, 0.25) is 10.0 Å². The molecular weight excluding hydrogens is 292 g/mol. The number of anilines is 1. The Morgan fingerprint density at radius 3 is 3.00 bits per heavy atom. The van der Waals surface area contributed by atoms with Crippen molar-refractivity contribution in [1.82, 2.24) is 4.72 Å². The minimum Gasteiger partial charge on any atom is -0.490 e. The van der Waals surface area contributed by atoms with Crippen molar-refractivity contribution < 1.29 is 17.9 Å². The lowest BCUT2D eigenvalue weighted by atomic mass is 10.2. The first-order valence-electron chi connectivity index (χ1n) is 7.15. The largest absolute Gasteiger partial charge is 0.490 e. The molecule has 2 aliphatic rings. The van der Waals surface area contributed by atoms with Gasteiger partial charge in [0.1, 0.15) is 12.4 Å². The van der Waals surface area contributed by atoms with E-state index in [1.165, 1.54) is 0 Å². The van der Waals surface area contributed by atoms with Crippen LogP contribution in [-0.2, 0) is 14.8 Å². The van der Waals surface area contributed by atoms with Gasteiger partial charge in [0.25, 0.3) is 0 Å². The number of nitrogens with one attached hydrogen (secondary N) is 1. The molecular formula is C14H20N2O4S. The molecule has 1 saturated heterocycles. The highest BCUT2D eigenvalue weighted by atomic mass is 32.2. The third kappa shape index (κ3) is 3.14. The van der Waals surface area contributed by atoms with Crippen LogP contribution in [0.2, 0.25) is 0 Å². The zero-order valence-electron chi connectivity index (χ0n) is 12.0. The van der Waals surface area contributed by atoms with Gasteiger partial charge in [-0.25, -0.2) is 13.1 Å². The van der Waals surface area contributed by atoms with E-state index in [1.54, 1.807) is 18.2 Å². The number of fused-ring (bicyclic) bond motifs is 1. The number of rotatable bonds is 4. The van der Waals surface area contributed by atoms with Crippen molar-refractivity contribution in [2.75, 3.05) is 38.3 Å². The monoisotopic (exact) mass is 312 g/mol. The van der Waals surface area contributed by atoms with E-state index in [4.69, 9.17) is 9.47 Å². The molecule has 7 heteroatoms. The smallest absolute Gasteiger partial charge is 0.240 e. The average Bonchev–Trinajstić information content (AvgIpc) is 2.99. The molecule has 0 amide bonds. The third-order valence-corrected chi connectivity index (χ3v) is 5.28. The molecule has 1 aromatic rings. The van der Waals surface area contributed by atoms with Gasteiger partial charge in [-0.1, -0.05) is 0 Å². The average molecular weight is 312 g/mol. The van der Waals surface area contributed by atoms with Gasteiger partial charge in [0.15, 0.2) is 0 Å². The molecule has 3 rings (SSSR count). The summed E-state index contributed by atoms with van der Waals surface area (Å²) in [5.74, 6) is 0.724. The number of benzene rings is 1. The van der Waals surface area contributed by atoms with Crippen LogP contribution < -0.4 is 14.4 Å². The van der Waals surface area contributed by atoms with E-state index in [1.807, 2.05) is 11.9 Å². The molecule has 1 atom stereocenters. The van der Waals surface area contributed by atoms with Gasteiger partial charge in [0, 0.05) is 20.2 Å². The molecule has 116 valence electrons. The Hall–Kier alpha value is -1.31. The minimum absolute atomic E-state index is 0.0107. The van der Waals surface area contributed by atoms with Gasteiger partial charge < -0.3 is 14.4 Å². The molecule has 6 nitrogen and oxygen atoms in total. The molecule has 0 bridgehead atoms. The maximum atomic E-state index is 12.4. The van der Waals surface area contributed by atoms with Gasteiger partial charge in [-0.2, -0.15) is 0 Å². The zero-order valence-corrected chi connectivity index (χ0v) is 12.9. The van der Waals surface area contributed by atoms with Crippen LogP contribution in [0.4, 0.5) is 5.69 Å². The number of ether oxygens (including phenoxy) is 2. The lowest BCUT2D eigenvalue weighted by Crippen LogP contribution is -2.32. The third-order valence-electron chi connectivity index (χ3n) is 3.86. The molecule has 0 aliphatic carbocycles. The molecule has 0 aromatic heterocycles. The second-order valence-corrected chi connectivity index (χ2v) is 7.15. The topological polar surface area (TPSA) is 67.9 Å².